The van der Waals surface area contributed by atoms with E-state index in [0.717, 1.165) is 15.6 Å². The first kappa shape index (κ1) is 8.55. The number of benzene rings is 1. The highest BCUT2D eigenvalue weighted by Crippen LogP contribution is 2.32. The lowest BCUT2D eigenvalue weighted by molar-refractivity contribution is 1.46. The number of nitriles is 1. The molecule has 2 rings (SSSR count). The van der Waals surface area contributed by atoms with Gasteiger partial charge in [-0.2, -0.15) is 5.26 Å². The third-order valence-electron chi connectivity index (χ3n) is 1.97. The van der Waals surface area contributed by atoms with Gasteiger partial charge in [-0.05, 0) is 35.4 Å². The zero-order chi connectivity index (χ0) is 9.42. The lowest BCUT2D eigenvalue weighted by Crippen LogP contribution is -1.82. The fourth-order valence-corrected chi connectivity index (χ4v) is 2.46. The van der Waals surface area contributed by atoms with E-state index in [1.165, 1.54) is 0 Å². The highest BCUT2D eigenvalue weighted by molar-refractivity contribution is 7.17. The van der Waals surface area contributed by atoms with Crippen molar-refractivity contribution < 1.29 is 0 Å². The van der Waals surface area contributed by atoms with E-state index in [1.807, 2.05) is 24.4 Å². The summed E-state index contributed by atoms with van der Waals surface area (Å²) in [7, 11) is 0. The molecule has 0 aliphatic heterocycles. The highest BCUT2D eigenvalue weighted by Gasteiger charge is 2.09. The van der Waals surface area contributed by atoms with Crippen LogP contribution in [-0.4, -0.2) is 0 Å². The van der Waals surface area contributed by atoms with Gasteiger partial charge in [0.1, 0.15) is 6.07 Å². The number of fused-ring (bicyclic) bond motifs is 1. The minimum atomic E-state index is 0.581. The first-order valence-corrected chi connectivity index (χ1v) is 5.06. The maximum Gasteiger partial charge on any atom is 0.102 e. The van der Waals surface area contributed by atoms with E-state index < -0.39 is 0 Å². The Morgan fingerprint density at radius 1 is 1.54 bits per heavy atom. The number of rotatable bonds is 0. The quantitative estimate of drug-likeness (QED) is 0.646. The predicted molar refractivity (Wildman–Crippen MR) is 56.3 cm³/mol. The molecule has 13 heavy (non-hydrogen) atoms. The van der Waals surface area contributed by atoms with E-state index in [-0.39, 0.29) is 0 Å². The molecule has 0 unspecified atom stereocenters. The molecule has 1 aromatic heterocycles. The van der Waals surface area contributed by atoms with E-state index in [2.05, 4.69) is 6.07 Å². The minimum Gasteiger partial charge on any atom is -0.192 e. The summed E-state index contributed by atoms with van der Waals surface area (Å²) in [6.45, 7) is 1.92. The fraction of sp³-hybridized carbons (Fsp3) is 0.100. The topological polar surface area (TPSA) is 23.8 Å². The lowest BCUT2D eigenvalue weighted by Gasteiger charge is -2.00. The van der Waals surface area contributed by atoms with Crippen molar-refractivity contribution in [3.63, 3.8) is 0 Å². The number of halogens is 1. The summed E-state index contributed by atoms with van der Waals surface area (Å²) in [6, 6.07) is 6.16. The van der Waals surface area contributed by atoms with Gasteiger partial charge in [0.15, 0.2) is 0 Å². The molecule has 0 aliphatic rings. The second-order valence-electron chi connectivity index (χ2n) is 2.83. The third-order valence-corrected chi connectivity index (χ3v) is 3.41. The van der Waals surface area contributed by atoms with Crippen LogP contribution in [0.1, 0.15) is 11.1 Å². The molecular formula is C10H6ClNS. The summed E-state index contributed by atoms with van der Waals surface area (Å²) in [5.41, 5.74) is 1.57. The molecule has 0 radical (unpaired) electrons. The molecule has 1 heterocycles. The first-order valence-electron chi connectivity index (χ1n) is 3.80. The van der Waals surface area contributed by atoms with Gasteiger partial charge in [0, 0.05) is 0 Å². The van der Waals surface area contributed by atoms with Crippen LogP contribution < -0.4 is 0 Å². The zero-order valence-electron chi connectivity index (χ0n) is 6.97. The molecule has 1 aromatic carbocycles. The van der Waals surface area contributed by atoms with Crippen LogP contribution in [-0.2, 0) is 0 Å². The molecule has 0 saturated carbocycles. The van der Waals surface area contributed by atoms with E-state index in [1.54, 1.807) is 11.3 Å². The Kier molecular flexibility index (Phi) is 1.99. The second kappa shape index (κ2) is 3.02. The van der Waals surface area contributed by atoms with Crippen molar-refractivity contribution in [3.05, 3.63) is 33.7 Å². The standard InChI is InChI=1S/C10H6ClNS/c1-6-4-7-2-3-13-10(7)8(5-12)9(6)11/h2-4H,1H3. The molecule has 0 fully saturated rings. The molecule has 0 spiro atoms. The highest BCUT2D eigenvalue weighted by atomic mass is 35.5. The molecule has 0 atom stereocenters. The molecule has 0 bridgehead atoms. The third kappa shape index (κ3) is 1.21. The number of thiophene rings is 1. The van der Waals surface area contributed by atoms with Crippen molar-refractivity contribution in [1.29, 1.82) is 5.26 Å². The fourth-order valence-electron chi connectivity index (χ4n) is 1.33. The largest absolute Gasteiger partial charge is 0.192 e. The molecule has 3 heteroatoms. The van der Waals surface area contributed by atoms with Crippen LogP contribution in [0.2, 0.25) is 5.02 Å². The van der Waals surface area contributed by atoms with Crippen LogP contribution in [0.15, 0.2) is 17.5 Å². The summed E-state index contributed by atoms with van der Waals surface area (Å²) in [4.78, 5) is 0. The average molecular weight is 208 g/mol. The molecular weight excluding hydrogens is 202 g/mol. The first-order chi connectivity index (χ1) is 6.24. The van der Waals surface area contributed by atoms with Gasteiger partial charge >= 0.3 is 0 Å². The molecule has 0 N–H and O–H groups in total. The Bertz CT molecular complexity index is 507. The van der Waals surface area contributed by atoms with Crippen LogP contribution in [0, 0.1) is 18.3 Å². The van der Waals surface area contributed by atoms with Crippen molar-refractivity contribution in [3.8, 4) is 6.07 Å². The van der Waals surface area contributed by atoms with Gasteiger partial charge in [0.25, 0.3) is 0 Å². The Morgan fingerprint density at radius 3 is 3.00 bits per heavy atom. The monoisotopic (exact) mass is 207 g/mol. The van der Waals surface area contributed by atoms with Gasteiger partial charge in [0.2, 0.25) is 0 Å². The Labute approximate surface area is 85.2 Å². The van der Waals surface area contributed by atoms with Crippen LogP contribution in [0.4, 0.5) is 0 Å². The normalized spacial score (nSPS) is 10.2. The van der Waals surface area contributed by atoms with Gasteiger partial charge in [-0.25, -0.2) is 0 Å². The zero-order valence-corrected chi connectivity index (χ0v) is 8.54. The minimum absolute atomic E-state index is 0.581. The molecule has 0 saturated heterocycles. The lowest BCUT2D eigenvalue weighted by atomic mass is 10.1. The number of hydrogen-bond acceptors (Lipinski definition) is 2. The van der Waals surface area contributed by atoms with Crippen molar-refractivity contribution in [2.45, 2.75) is 6.92 Å². The Balaban J connectivity index is 2.98. The second-order valence-corrected chi connectivity index (χ2v) is 4.13. The molecule has 2 aromatic rings. The van der Waals surface area contributed by atoms with Crippen molar-refractivity contribution in [2.24, 2.45) is 0 Å². The van der Waals surface area contributed by atoms with Gasteiger partial charge in [0.05, 0.1) is 15.3 Å². The summed E-state index contributed by atoms with van der Waals surface area (Å²) in [5.74, 6) is 0. The van der Waals surface area contributed by atoms with Gasteiger partial charge in [-0.3, -0.25) is 0 Å². The summed E-state index contributed by atoms with van der Waals surface area (Å²) in [6.07, 6.45) is 0. The van der Waals surface area contributed by atoms with Crippen LogP contribution in [0.25, 0.3) is 10.1 Å². The van der Waals surface area contributed by atoms with E-state index in [0.29, 0.717) is 10.6 Å². The van der Waals surface area contributed by atoms with Crippen LogP contribution in [0.3, 0.4) is 0 Å². The SMILES string of the molecule is Cc1cc2ccsc2c(C#N)c1Cl. The Hall–Kier alpha value is -1.04. The molecule has 0 aliphatic carbocycles. The van der Waals surface area contributed by atoms with Gasteiger partial charge < -0.3 is 0 Å². The number of nitrogens with zero attached hydrogens (tertiary/aromatic N) is 1. The van der Waals surface area contributed by atoms with E-state index in [9.17, 15) is 0 Å². The van der Waals surface area contributed by atoms with Gasteiger partial charge in [-0.15, -0.1) is 11.3 Å². The number of hydrogen-bond donors (Lipinski definition) is 0. The van der Waals surface area contributed by atoms with Crippen molar-refractivity contribution >= 4 is 33.0 Å². The van der Waals surface area contributed by atoms with Crippen molar-refractivity contribution in [2.75, 3.05) is 0 Å². The maximum atomic E-state index is 8.93. The smallest absolute Gasteiger partial charge is 0.102 e. The Morgan fingerprint density at radius 2 is 2.31 bits per heavy atom. The van der Waals surface area contributed by atoms with Crippen LogP contribution >= 0.6 is 22.9 Å². The van der Waals surface area contributed by atoms with Crippen molar-refractivity contribution in [1.82, 2.24) is 0 Å². The maximum absolute atomic E-state index is 8.93. The van der Waals surface area contributed by atoms with Gasteiger partial charge in [-0.1, -0.05) is 11.6 Å². The average Bonchev–Trinajstić information content (AvgIpc) is 2.54. The number of aryl methyl sites for hydroxylation is 1. The summed E-state index contributed by atoms with van der Waals surface area (Å²) < 4.78 is 0.984. The summed E-state index contributed by atoms with van der Waals surface area (Å²) >= 11 is 7.57. The predicted octanol–water partition coefficient (Wildman–Crippen LogP) is 3.73. The summed E-state index contributed by atoms with van der Waals surface area (Å²) in [5, 5.41) is 12.6. The van der Waals surface area contributed by atoms with E-state index in [4.69, 9.17) is 16.9 Å². The van der Waals surface area contributed by atoms with E-state index >= 15 is 0 Å². The molecule has 0 amide bonds. The molecule has 1 nitrogen and oxygen atoms in total. The van der Waals surface area contributed by atoms with Crippen LogP contribution in [0.5, 0.6) is 0 Å². The molecule has 64 valence electrons.